The summed E-state index contributed by atoms with van der Waals surface area (Å²) in [5, 5.41) is 10.1. The van der Waals surface area contributed by atoms with E-state index in [2.05, 4.69) is 19.6 Å². The van der Waals surface area contributed by atoms with Crippen molar-refractivity contribution >= 4 is 23.1 Å². The number of rotatable bonds is 4. The summed E-state index contributed by atoms with van der Waals surface area (Å²) in [6.45, 7) is 6.05. The predicted octanol–water partition coefficient (Wildman–Crippen LogP) is 3.93. The van der Waals surface area contributed by atoms with Gasteiger partial charge in [-0.15, -0.1) is 11.3 Å². The molecule has 3 heteroatoms. The zero-order chi connectivity index (χ0) is 11.5. The first-order chi connectivity index (χ1) is 7.70. The zero-order valence-electron chi connectivity index (χ0n) is 9.66. The average molecular weight is 254 g/mol. The molecule has 0 saturated heterocycles. The molecule has 0 radical (unpaired) electrons. The van der Waals surface area contributed by atoms with Crippen LogP contribution in [0.1, 0.15) is 41.2 Å². The van der Waals surface area contributed by atoms with E-state index in [0.717, 1.165) is 22.6 Å². The molecule has 0 amide bonds. The number of fused-ring (bicyclic) bond motifs is 1. The summed E-state index contributed by atoms with van der Waals surface area (Å²) in [7, 11) is 0. The molecule has 2 rings (SSSR count). The maximum atomic E-state index is 10.1. The van der Waals surface area contributed by atoms with Crippen LogP contribution in [-0.2, 0) is 12.2 Å². The summed E-state index contributed by atoms with van der Waals surface area (Å²) in [6.07, 6.45) is 2.50. The van der Waals surface area contributed by atoms with Crippen LogP contribution in [0, 0.1) is 0 Å². The first-order valence-electron chi connectivity index (χ1n) is 5.74. The van der Waals surface area contributed by atoms with E-state index < -0.39 is 0 Å². The minimum Gasteiger partial charge on any atom is -0.387 e. The quantitative estimate of drug-likeness (QED) is 0.822. The molecule has 0 spiro atoms. The number of aryl methyl sites for hydroxylation is 1. The molecule has 0 aliphatic carbocycles. The Bertz CT molecular complexity index is 358. The molecule has 88 valence electrons. The van der Waals surface area contributed by atoms with E-state index in [1.807, 2.05) is 11.8 Å². The number of thioether (sulfide) groups is 1. The highest BCUT2D eigenvalue weighted by Crippen LogP contribution is 2.36. The lowest BCUT2D eigenvalue weighted by Gasteiger charge is -2.09. The molecule has 1 aliphatic rings. The van der Waals surface area contributed by atoms with Gasteiger partial charge in [-0.25, -0.2) is 0 Å². The van der Waals surface area contributed by atoms with Gasteiger partial charge >= 0.3 is 0 Å². The van der Waals surface area contributed by atoms with Crippen LogP contribution in [0.15, 0.2) is 18.2 Å². The molecule has 0 fully saturated rings. The molecule has 1 N–H and O–H groups in total. The van der Waals surface area contributed by atoms with Crippen LogP contribution >= 0.6 is 23.1 Å². The summed E-state index contributed by atoms with van der Waals surface area (Å²) in [4.78, 5) is 2.61. The van der Waals surface area contributed by atoms with Gasteiger partial charge in [0.25, 0.3) is 0 Å². The van der Waals surface area contributed by atoms with Gasteiger partial charge in [-0.3, -0.25) is 0 Å². The Morgan fingerprint density at radius 3 is 3.12 bits per heavy atom. The first-order valence-corrected chi connectivity index (χ1v) is 7.71. The molecule has 0 aromatic carbocycles. The monoisotopic (exact) mass is 254 g/mol. The Balaban J connectivity index is 2.08. The number of aliphatic hydroxyl groups excluding tert-OH is 1. The van der Waals surface area contributed by atoms with Crippen molar-refractivity contribution in [3.8, 4) is 0 Å². The van der Waals surface area contributed by atoms with Crippen molar-refractivity contribution in [1.29, 1.82) is 0 Å². The Hall–Kier alpha value is -0.250. The lowest BCUT2D eigenvalue weighted by atomic mass is 10.1. The molecule has 0 bridgehead atoms. The largest absolute Gasteiger partial charge is 0.387 e. The highest BCUT2D eigenvalue weighted by Gasteiger charge is 2.17. The number of hydrogen-bond donors (Lipinski definition) is 1. The summed E-state index contributed by atoms with van der Waals surface area (Å²) < 4.78 is 0. The predicted molar refractivity (Wildman–Crippen MR) is 73.2 cm³/mol. The summed E-state index contributed by atoms with van der Waals surface area (Å²) in [6, 6.07) is 2.19. The van der Waals surface area contributed by atoms with Gasteiger partial charge in [-0.2, -0.15) is 11.8 Å². The van der Waals surface area contributed by atoms with Crippen molar-refractivity contribution in [2.24, 2.45) is 0 Å². The fourth-order valence-corrected chi connectivity index (χ4v) is 4.22. The smallest absolute Gasteiger partial charge is 0.0919 e. The molecule has 16 heavy (non-hydrogen) atoms. The van der Waals surface area contributed by atoms with Gasteiger partial charge in [0.05, 0.1) is 6.10 Å². The van der Waals surface area contributed by atoms with Gasteiger partial charge in [0.2, 0.25) is 0 Å². The fourth-order valence-electron chi connectivity index (χ4n) is 1.85. The molecule has 1 atom stereocenters. The van der Waals surface area contributed by atoms with Gasteiger partial charge in [-0.05, 0) is 36.6 Å². The van der Waals surface area contributed by atoms with Crippen molar-refractivity contribution in [3.05, 3.63) is 33.5 Å². The normalized spacial score (nSPS) is 16.9. The minimum absolute atomic E-state index is 0.340. The van der Waals surface area contributed by atoms with Crippen LogP contribution in [0.25, 0.3) is 0 Å². The fraction of sp³-hybridized carbons (Fsp3) is 0.538. The summed E-state index contributed by atoms with van der Waals surface area (Å²) >= 11 is 3.78. The molecule has 1 aliphatic heterocycles. The number of thiophene rings is 1. The minimum atomic E-state index is -0.340. The van der Waals surface area contributed by atoms with Crippen LogP contribution in [-0.4, -0.2) is 10.9 Å². The molecular formula is C13H18OS2. The van der Waals surface area contributed by atoms with E-state index in [0.29, 0.717) is 6.42 Å². The topological polar surface area (TPSA) is 20.2 Å². The van der Waals surface area contributed by atoms with Crippen molar-refractivity contribution in [2.45, 2.75) is 38.0 Å². The second kappa shape index (κ2) is 5.39. The van der Waals surface area contributed by atoms with Gasteiger partial charge in [0.1, 0.15) is 0 Å². The Morgan fingerprint density at radius 2 is 2.44 bits per heavy atom. The molecular weight excluding hydrogens is 236 g/mol. The first kappa shape index (κ1) is 12.2. The summed E-state index contributed by atoms with van der Waals surface area (Å²) in [5.74, 6) is 2.35. The maximum Gasteiger partial charge on any atom is 0.0919 e. The van der Waals surface area contributed by atoms with Crippen LogP contribution in [0.2, 0.25) is 0 Å². The number of hydrogen-bond acceptors (Lipinski definition) is 3. The van der Waals surface area contributed by atoms with Gasteiger partial charge in [-0.1, -0.05) is 19.1 Å². The van der Waals surface area contributed by atoms with Crippen molar-refractivity contribution in [2.75, 3.05) is 5.75 Å². The molecule has 1 unspecified atom stereocenters. The second-order valence-electron chi connectivity index (χ2n) is 4.22. The highest BCUT2D eigenvalue weighted by molar-refractivity contribution is 7.98. The highest BCUT2D eigenvalue weighted by atomic mass is 32.2. The van der Waals surface area contributed by atoms with Crippen LogP contribution < -0.4 is 0 Å². The van der Waals surface area contributed by atoms with Crippen LogP contribution in [0.4, 0.5) is 0 Å². The third kappa shape index (κ3) is 2.70. The van der Waals surface area contributed by atoms with Crippen LogP contribution in [0.5, 0.6) is 0 Å². The maximum absolute atomic E-state index is 10.1. The van der Waals surface area contributed by atoms with E-state index >= 15 is 0 Å². The zero-order valence-corrected chi connectivity index (χ0v) is 11.3. The van der Waals surface area contributed by atoms with Gasteiger partial charge in [0.15, 0.2) is 0 Å². The SMILES string of the molecule is C=C(CC)CC(O)c1cc2c(s1)CCSC2. The lowest BCUT2D eigenvalue weighted by Crippen LogP contribution is -1.96. The Kier molecular flexibility index (Phi) is 4.11. The van der Waals surface area contributed by atoms with Crippen molar-refractivity contribution < 1.29 is 5.11 Å². The molecule has 1 nitrogen and oxygen atoms in total. The molecule has 2 heterocycles. The van der Waals surface area contributed by atoms with E-state index in [-0.39, 0.29) is 6.10 Å². The van der Waals surface area contributed by atoms with E-state index in [1.165, 1.54) is 22.6 Å². The van der Waals surface area contributed by atoms with Gasteiger partial charge in [0, 0.05) is 15.5 Å². The number of aliphatic hydroxyl groups is 1. The van der Waals surface area contributed by atoms with Crippen LogP contribution in [0.3, 0.4) is 0 Å². The summed E-state index contributed by atoms with van der Waals surface area (Å²) in [5.41, 5.74) is 2.57. The molecule has 1 aromatic rings. The Morgan fingerprint density at radius 1 is 1.62 bits per heavy atom. The molecule has 1 aromatic heterocycles. The third-order valence-electron chi connectivity index (χ3n) is 2.96. The standard InChI is InChI=1S/C13H18OS2/c1-3-9(2)6-11(14)13-7-10-8-15-5-4-12(10)16-13/h7,11,14H,2-6,8H2,1H3. The van der Waals surface area contributed by atoms with Gasteiger partial charge < -0.3 is 5.11 Å². The Labute approximate surface area is 106 Å². The molecule has 0 saturated carbocycles. The lowest BCUT2D eigenvalue weighted by molar-refractivity contribution is 0.181. The van der Waals surface area contributed by atoms with E-state index in [9.17, 15) is 5.11 Å². The third-order valence-corrected chi connectivity index (χ3v) is 5.30. The van der Waals surface area contributed by atoms with Crippen molar-refractivity contribution in [1.82, 2.24) is 0 Å². The average Bonchev–Trinajstić information content (AvgIpc) is 2.72. The van der Waals surface area contributed by atoms with E-state index in [1.54, 1.807) is 11.3 Å². The van der Waals surface area contributed by atoms with Crippen molar-refractivity contribution in [3.63, 3.8) is 0 Å². The van der Waals surface area contributed by atoms with E-state index in [4.69, 9.17) is 0 Å². The second-order valence-corrected chi connectivity index (χ2v) is 6.50.